The Morgan fingerprint density at radius 3 is 2.71 bits per heavy atom. The van der Waals surface area contributed by atoms with Gasteiger partial charge in [0.05, 0.1) is 5.92 Å². The number of hydrogen-bond acceptors (Lipinski definition) is 2. The van der Waals surface area contributed by atoms with E-state index in [9.17, 15) is 9.90 Å². The molecular formula is C10H11ClO3. The van der Waals surface area contributed by atoms with Crippen molar-refractivity contribution in [2.24, 2.45) is 5.92 Å². The molecule has 3 nitrogen and oxygen atoms in total. The van der Waals surface area contributed by atoms with E-state index in [1.165, 1.54) is 6.07 Å². The molecule has 0 heterocycles. The van der Waals surface area contributed by atoms with Crippen molar-refractivity contribution in [3.63, 3.8) is 0 Å². The third-order valence-electron chi connectivity index (χ3n) is 2.00. The number of phenolic OH excluding ortho intramolecular Hbond substituents is 1. The third kappa shape index (κ3) is 2.64. The second-order valence-electron chi connectivity index (χ2n) is 3.22. The first-order valence-corrected chi connectivity index (χ1v) is 4.58. The third-order valence-corrected chi connectivity index (χ3v) is 2.23. The Labute approximate surface area is 86.9 Å². The number of halogens is 1. The lowest BCUT2D eigenvalue weighted by atomic mass is 10.0. The van der Waals surface area contributed by atoms with Crippen LogP contribution in [-0.4, -0.2) is 16.2 Å². The number of carboxylic acids is 1. The first kappa shape index (κ1) is 10.9. The highest BCUT2D eigenvalue weighted by Crippen LogP contribution is 2.24. The highest BCUT2D eigenvalue weighted by molar-refractivity contribution is 6.30. The van der Waals surface area contributed by atoms with Crippen LogP contribution in [0.15, 0.2) is 18.2 Å². The minimum atomic E-state index is -0.876. The molecule has 1 aromatic carbocycles. The average molecular weight is 215 g/mol. The van der Waals surface area contributed by atoms with E-state index >= 15 is 0 Å². The lowest BCUT2D eigenvalue weighted by Gasteiger charge is -2.07. The molecule has 0 aliphatic carbocycles. The smallest absolute Gasteiger partial charge is 0.306 e. The molecule has 0 saturated heterocycles. The topological polar surface area (TPSA) is 57.5 Å². The zero-order valence-corrected chi connectivity index (χ0v) is 8.45. The summed E-state index contributed by atoms with van der Waals surface area (Å²) in [5, 5.41) is 18.6. The molecule has 0 aliphatic rings. The minimum Gasteiger partial charge on any atom is -0.508 e. The van der Waals surface area contributed by atoms with E-state index in [-0.39, 0.29) is 5.75 Å². The molecule has 1 unspecified atom stereocenters. The van der Waals surface area contributed by atoms with Crippen molar-refractivity contribution in [3.8, 4) is 5.75 Å². The van der Waals surface area contributed by atoms with Gasteiger partial charge in [-0.1, -0.05) is 24.6 Å². The van der Waals surface area contributed by atoms with Crippen molar-refractivity contribution >= 4 is 17.6 Å². The molecular weight excluding hydrogens is 204 g/mol. The van der Waals surface area contributed by atoms with Crippen LogP contribution in [0.4, 0.5) is 0 Å². The molecule has 76 valence electrons. The van der Waals surface area contributed by atoms with Crippen molar-refractivity contribution in [1.29, 1.82) is 0 Å². The number of carbonyl (C=O) groups is 1. The number of aliphatic carboxylic acids is 1. The molecule has 0 saturated carbocycles. The Morgan fingerprint density at radius 1 is 1.57 bits per heavy atom. The number of aromatic hydroxyl groups is 1. The molecule has 0 fully saturated rings. The predicted octanol–water partition coefficient (Wildman–Crippen LogP) is 2.31. The van der Waals surface area contributed by atoms with Crippen molar-refractivity contribution in [1.82, 2.24) is 0 Å². The molecule has 0 spiro atoms. The maximum atomic E-state index is 10.6. The number of rotatable bonds is 3. The Bertz CT molecular complexity index is 349. The molecule has 14 heavy (non-hydrogen) atoms. The molecule has 1 aromatic rings. The second-order valence-corrected chi connectivity index (χ2v) is 3.65. The first-order valence-electron chi connectivity index (χ1n) is 4.21. The molecule has 1 rings (SSSR count). The summed E-state index contributed by atoms with van der Waals surface area (Å²) >= 11 is 5.64. The lowest BCUT2D eigenvalue weighted by molar-refractivity contribution is -0.141. The van der Waals surface area contributed by atoms with Gasteiger partial charge in [-0.3, -0.25) is 4.79 Å². The zero-order valence-electron chi connectivity index (χ0n) is 7.70. The van der Waals surface area contributed by atoms with Crippen LogP contribution in [0.1, 0.15) is 12.5 Å². The Kier molecular flexibility index (Phi) is 3.36. The summed E-state index contributed by atoms with van der Waals surface area (Å²) in [5.41, 5.74) is 0.601. The lowest BCUT2D eigenvalue weighted by Crippen LogP contribution is -2.12. The van der Waals surface area contributed by atoms with E-state index in [1.807, 2.05) is 0 Å². The van der Waals surface area contributed by atoms with Crippen LogP contribution in [0.5, 0.6) is 5.75 Å². The molecule has 0 radical (unpaired) electrons. The minimum absolute atomic E-state index is 0.0469. The average Bonchev–Trinajstić information content (AvgIpc) is 2.09. The van der Waals surface area contributed by atoms with Crippen LogP contribution in [0.25, 0.3) is 0 Å². The van der Waals surface area contributed by atoms with Gasteiger partial charge in [0.15, 0.2) is 0 Å². The summed E-state index contributed by atoms with van der Waals surface area (Å²) in [6, 6.07) is 4.67. The van der Waals surface area contributed by atoms with Crippen molar-refractivity contribution in [2.75, 3.05) is 0 Å². The van der Waals surface area contributed by atoms with Gasteiger partial charge in [0, 0.05) is 5.02 Å². The van der Waals surface area contributed by atoms with Crippen molar-refractivity contribution in [3.05, 3.63) is 28.8 Å². The molecule has 0 aliphatic heterocycles. The fourth-order valence-electron chi connectivity index (χ4n) is 1.13. The van der Waals surface area contributed by atoms with Crippen molar-refractivity contribution < 1.29 is 15.0 Å². The molecule has 4 heteroatoms. The van der Waals surface area contributed by atoms with Gasteiger partial charge in [-0.25, -0.2) is 0 Å². The largest absolute Gasteiger partial charge is 0.508 e. The summed E-state index contributed by atoms with van der Waals surface area (Å²) in [6.07, 6.45) is 0.304. The number of hydrogen-bond donors (Lipinski definition) is 2. The Balaban J connectivity index is 2.82. The van der Waals surface area contributed by atoms with E-state index in [0.717, 1.165) is 0 Å². The SMILES string of the molecule is CC(Cc1ccc(Cl)cc1O)C(=O)O. The summed E-state index contributed by atoms with van der Waals surface area (Å²) < 4.78 is 0. The van der Waals surface area contributed by atoms with Gasteiger partial charge in [-0.05, 0) is 24.1 Å². The monoisotopic (exact) mass is 214 g/mol. The van der Waals surface area contributed by atoms with Crippen LogP contribution < -0.4 is 0 Å². The summed E-state index contributed by atoms with van der Waals surface area (Å²) in [7, 11) is 0. The molecule has 2 N–H and O–H groups in total. The fourth-order valence-corrected chi connectivity index (χ4v) is 1.29. The standard InChI is InChI=1S/C10H11ClO3/c1-6(10(13)14)4-7-2-3-8(11)5-9(7)12/h2-3,5-6,12H,4H2,1H3,(H,13,14). The van der Waals surface area contributed by atoms with Gasteiger partial charge in [-0.2, -0.15) is 0 Å². The molecule has 0 aromatic heterocycles. The first-order chi connectivity index (χ1) is 6.50. The van der Waals surface area contributed by atoms with Crippen molar-refractivity contribution in [2.45, 2.75) is 13.3 Å². The van der Waals surface area contributed by atoms with Gasteiger partial charge in [0.1, 0.15) is 5.75 Å². The van der Waals surface area contributed by atoms with E-state index < -0.39 is 11.9 Å². The second kappa shape index (κ2) is 4.33. The van der Waals surface area contributed by atoms with E-state index in [4.69, 9.17) is 16.7 Å². The van der Waals surface area contributed by atoms with Gasteiger partial charge < -0.3 is 10.2 Å². The number of phenols is 1. The van der Waals surface area contributed by atoms with Crippen LogP contribution in [0.3, 0.4) is 0 Å². The normalized spacial score (nSPS) is 12.4. The Morgan fingerprint density at radius 2 is 2.21 bits per heavy atom. The van der Waals surface area contributed by atoms with E-state index in [0.29, 0.717) is 17.0 Å². The van der Waals surface area contributed by atoms with Crippen LogP contribution in [0.2, 0.25) is 5.02 Å². The summed E-state index contributed by atoms with van der Waals surface area (Å²) in [6.45, 7) is 1.59. The van der Waals surface area contributed by atoms with Gasteiger partial charge >= 0.3 is 5.97 Å². The number of benzene rings is 1. The van der Waals surface area contributed by atoms with E-state index in [1.54, 1.807) is 19.1 Å². The predicted molar refractivity (Wildman–Crippen MR) is 53.6 cm³/mol. The maximum Gasteiger partial charge on any atom is 0.306 e. The summed E-state index contributed by atoms with van der Waals surface area (Å²) in [5.74, 6) is -1.34. The highest BCUT2D eigenvalue weighted by atomic mass is 35.5. The maximum absolute atomic E-state index is 10.6. The molecule has 1 atom stereocenters. The number of carboxylic acid groups (broad SMARTS) is 1. The van der Waals surface area contributed by atoms with E-state index in [2.05, 4.69) is 0 Å². The fraction of sp³-hybridized carbons (Fsp3) is 0.300. The highest BCUT2D eigenvalue weighted by Gasteiger charge is 2.13. The van der Waals surface area contributed by atoms with Crippen LogP contribution in [-0.2, 0) is 11.2 Å². The van der Waals surface area contributed by atoms with Crippen LogP contribution in [0, 0.1) is 5.92 Å². The Hall–Kier alpha value is -1.22. The summed E-state index contributed by atoms with van der Waals surface area (Å²) in [4.78, 5) is 10.6. The molecule has 0 amide bonds. The quantitative estimate of drug-likeness (QED) is 0.812. The molecule has 0 bridgehead atoms. The van der Waals surface area contributed by atoms with Gasteiger partial charge in [0.2, 0.25) is 0 Å². The van der Waals surface area contributed by atoms with Gasteiger partial charge in [-0.15, -0.1) is 0 Å². The van der Waals surface area contributed by atoms with Gasteiger partial charge in [0.25, 0.3) is 0 Å². The zero-order chi connectivity index (χ0) is 10.7. The van der Waals surface area contributed by atoms with Crippen LogP contribution >= 0.6 is 11.6 Å².